The molecule has 34 heavy (non-hydrogen) atoms. The van der Waals surface area contributed by atoms with Gasteiger partial charge in [-0.15, -0.1) is 11.8 Å². The molecule has 2 amide bonds. The van der Waals surface area contributed by atoms with Crippen LogP contribution < -0.4 is 10.6 Å². The summed E-state index contributed by atoms with van der Waals surface area (Å²) in [6.07, 6.45) is 1.87. The van der Waals surface area contributed by atoms with Crippen molar-refractivity contribution in [2.75, 3.05) is 24.2 Å². The van der Waals surface area contributed by atoms with E-state index in [9.17, 15) is 9.59 Å². The lowest BCUT2D eigenvalue weighted by atomic mass is 10.0. The molecule has 0 spiro atoms. The molecule has 5 nitrogen and oxygen atoms in total. The van der Waals surface area contributed by atoms with Crippen LogP contribution in [-0.2, 0) is 11.3 Å². The Morgan fingerprint density at radius 2 is 1.59 bits per heavy atom. The minimum atomic E-state index is -0.0881. The maximum Gasteiger partial charge on any atom is 0.252 e. The fraction of sp³-hybridized carbons (Fsp3) is 0.286. The number of anilines is 1. The van der Waals surface area contributed by atoms with Crippen LogP contribution in [0.5, 0.6) is 0 Å². The number of nitrogens with one attached hydrogen (secondary N) is 2. The van der Waals surface area contributed by atoms with Crippen LogP contribution in [0.1, 0.15) is 34.3 Å². The molecule has 0 aliphatic carbocycles. The van der Waals surface area contributed by atoms with Gasteiger partial charge in [-0.3, -0.25) is 14.5 Å². The molecular weight excluding hydrogens is 442 g/mol. The zero-order valence-electron chi connectivity index (χ0n) is 19.5. The molecule has 0 bridgehead atoms. The normalized spacial score (nSPS) is 14.5. The smallest absolute Gasteiger partial charge is 0.252 e. The Morgan fingerprint density at radius 1 is 0.912 bits per heavy atom. The maximum absolute atomic E-state index is 13.0. The number of carbonyl (C=O) groups is 2. The number of likely N-dealkylation sites (tertiary alicyclic amines) is 1. The van der Waals surface area contributed by atoms with Gasteiger partial charge in [0.2, 0.25) is 5.91 Å². The quantitative estimate of drug-likeness (QED) is 0.446. The molecule has 3 aromatic rings. The van der Waals surface area contributed by atoms with Crippen LogP contribution in [0.25, 0.3) is 0 Å². The minimum Gasteiger partial charge on any atom is -0.349 e. The molecule has 1 heterocycles. The lowest BCUT2D eigenvalue weighted by molar-refractivity contribution is -0.113. The molecule has 1 fully saturated rings. The zero-order chi connectivity index (χ0) is 23.8. The Labute approximate surface area is 205 Å². The first-order chi connectivity index (χ1) is 16.6. The lowest BCUT2D eigenvalue weighted by Gasteiger charge is -2.32. The lowest BCUT2D eigenvalue weighted by Crippen LogP contribution is -2.44. The molecular formula is C28H31N3O2S. The fourth-order valence-corrected chi connectivity index (χ4v) is 4.95. The van der Waals surface area contributed by atoms with Crippen molar-refractivity contribution < 1.29 is 9.59 Å². The largest absolute Gasteiger partial charge is 0.349 e. The third-order valence-corrected chi connectivity index (χ3v) is 7.07. The second-order valence-electron chi connectivity index (χ2n) is 8.71. The average molecular weight is 474 g/mol. The summed E-state index contributed by atoms with van der Waals surface area (Å²) in [5, 5.41) is 6.12. The van der Waals surface area contributed by atoms with Crippen molar-refractivity contribution in [3.8, 4) is 0 Å². The summed E-state index contributed by atoms with van der Waals surface area (Å²) >= 11 is 1.39. The van der Waals surface area contributed by atoms with Crippen molar-refractivity contribution in [3.05, 3.63) is 95.6 Å². The predicted molar refractivity (Wildman–Crippen MR) is 139 cm³/mol. The summed E-state index contributed by atoms with van der Waals surface area (Å²) in [7, 11) is 0. The summed E-state index contributed by atoms with van der Waals surface area (Å²) in [6, 6.07) is 25.9. The van der Waals surface area contributed by atoms with Crippen LogP contribution in [0.15, 0.2) is 83.8 Å². The van der Waals surface area contributed by atoms with E-state index in [4.69, 9.17) is 0 Å². The van der Waals surface area contributed by atoms with Crippen LogP contribution in [0.3, 0.4) is 0 Å². The number of rotatable bonds is 8. The average Bonchev–Trinajstić information content (AvgIpc) is 2.86. The van der Waals surface area contributed by atoms with Gasteiger partial charge in [0.15, 0.2) is 0 Å². The summed E-state index contributed by atoms with van der Waals surface area (Å²) < 4.78 is 0. The number of aryl methyl sites for hydroxylation is 1. The summed E-state index contributed by atoms with van der Waals surface area (Å²) in [5.74, 6) is 0.0918. The van der Waals surface area contributed by atoms with E-state index < -0.39 is 0 Å². The van der Waals surface area contributed by atoms with Crippen LogP contribution in [0, 0.1) is 6.92 Å². The van der Waals surface area contributed by atoms with Gasteiger partial charge >= 0.3 is 0 Å². The van der Waals surface area contributed by atoms with E-state index in [-0.39, 0.29) is 23.6 Å². The van der Waals surface area contributed by atoms with E-state index in [1.165, 1.54) is 17.3 Å². The highest BCUT2D eigenvalue weighted by Gasteiger charge is 2.22. The van der Waals surface area contributed by atoms with E-state index in [1.807, 2.05) is 61.5 Å². The van der Waals surface area contributed by atoms with E-state index in [0.717, 1.165) is 48.6 Å². The second kappa shape index (κ2) is 11.9. The number of nitrogens with zero attached hydrogens (tertiary/aromatic N) is 1. The molecule has 1 aliphatic rings. The first kappa shape index (κ1) is 24.0. The molecule has 6 heteroatoms. The van der Waals surface area contributed by atoms with Crippen molar-refractivity contribution in [3.63, 3.8) is 0 Å². The number of hydrogen-bond donors (Lipinski definition) is 2. The van der Waals surface area contributed by atoms with Crippen molar-refractivity contribution in [1.29, 1.82) is 0 Å². The monoisotopic (exact) mass is 473 g/mol. The summed E-state index contributed by atoms with van der Waals surface area (Å²) in [6.45, 7) is 4.90. The molecule has 2 N–H and O–H groups in total. The first-order valence-corrected chi connectivity index (χ1v) is 12.7. The van der Waals surface area contributed by atoms with E-state index >= 15 is 0 Å². The van der Waals surface area contributed by atoms with Gasteiger partial charge in [-0.2, -0.15) is 0 Å². The maximum atomic E-state index is 13.0. The van der Waals surface area contributed by atoms with Gasteiger partial charge in [0.25, 0.3) is 5.91 Å². The van der Waals surface area contributed by atoms with E-state index in [0.29, 0.717) is 5.56 Å². The van der Waals surface area contributed by atoms with Gasteiger partial charge < -0.3 is 10.6 Å². The highest BCUT2D eigenvalue weighted by atomic mass is 32.2. The molecule has 0 atom stereocenters. The van der Waals surface area contributed by atoms with Crippen LogP contribution in [0.4, 0.5) is 5.69 Å². The molecule has 3 aromatic carbocycles. The summed E-state index contributed by atoms with van der Waals surface area (Å²) in [4.78, 5) is 28.7. The standard InChI is InChI=1S/C28H31N3O2S/c1-21-11-13-23(14-12-21)29-27(32)20-34-26-10-6-5-9-25(26)28(33)30-24-15-17-31(18-16-24)19-22-7-3-2-4-8-22/h2-14,24H,15-20H2,1H3,(H,29,32)(H,30,33). The van der Waals surface area contributed by atoms with Gasteiger partial charge in [-0.25, -0.2) is 0 Å². The number of hydrogen-bond acceptors (Lipinski definition) is 4. The van der Waals surface area contributed by atoms with Crippen molar-refractivity contribution >= 4 is 29.3 Å². The Bertz CT molecular complexity index is 1090. The Morgan fingerprint density at radius 3 is 2.32 bits per heavy atom. The van der Waals surface area contributed by atoms with E-state index in [2.05, 4.69) is 39.8 Å². The topological polar surface area (TPSA) is 61.4 Å². The van der Waals surface area contributed by atoms with Crippen molar-refractivity contribution in [2.24, 2.45) is 0 Å². The van der Waals surface area contributed by atoms with Crippen LogP contribution >= 0.6 is 11.8 Å². The minimum absolute atomic E-state index is 0.0662. The fourth-order valence-electron chi connectivity index (χ4n) is 4.10. The molecule has 1 aliphatic heterocycles. The molecule has 0 aromatic heterocycles. The SMILES string of the molecule is Cc1ccc(NC(=O)CSc2ccccc2C(=O)NC2CCN(Cc3ccccc3)CC2)cc1. The van der Waals surface area contributed by atoms with E-state index in [1.54, 1.807) is 0 Å². The van der Waals surface area contributed by atoms with Crippen molar-refractivity contribution in [2.45, 2.75) is 37.2 Å². The van der Waals surface area contributed by atoms with Crippen LogP contribution in [-0.4, -0.2) is 41.6 Å². The Balaban J connectivity index is 1.27. The highest BCUT2D eigenvalue weighted by molar-refractivity contribution is 8.00. The second-order valence-corrected chi connectivity index (χ2v) is 9.73. The molecule has 0 saturated carbocycles. The molecule has 4 rings (SSSR count). The molecule has 0 radical (unpaired) electrons. The molecule has 1 saturated heterocycles. The van der Waals surface area contributed by atoms with Crippen LogP contribution in [0.2, 0.25) is 0 Å². The van der Waals surface area contributed by atoms with Gasteiger partial charge in [0, 0.05) is 36.3 Å². The highest BCUT2D eigenvalue weighted by Crippen LogP contribution is 2.24. The first-order valence-electron chi connectivity index (χ1n) is 11.7. The third kappa shape index (κ3) is 6.95. The third-order valence-electron chi connectivity index (χ3n) is 6.00. The number of amides is 2. The number of carbonyl (C=O) groups excluding carboxylic acids is 2. The van der Waals surface area contributed by atoms with Crippen molar-refractivity contribution in [1.82, 2.24) is 10.2 Å². The molecule has 0 unspecified atom stereocenters. The number of thioether (sulfide) groups is 1. The Kier molecular flexibility index (Phi) is 8.39. The Hall–Kier alpha value is -3.09. The number of benzene rings is 3. The van der Waals surface area contributed by atoms with Gasteiger partial charge in [0.05, 0.1) is 11.3 Å². The predicted octanol–water partition coefficient (Wildman–Crippen LogP) is 5.12. The number of piperidine rings is 1. The van der Waals surface area contributed by atoms with Gasteiger partial charge in [-0.1, -0.05) is 60.2 Å². The zero-order valence-corrected chi connectivity index (χ0v) is 20.3. The molecule has 176 valence electrons. The van der Waals surface area contributed by atoms with Gasteiger partial charge in [0.1, 0.15) is 0 Å². The summed E-state index contributed by atoms with van der Waals surface area (Å²) in [5.41, 5.74) is 3.87. The van der Waals surface area contributed by atoms with Gasteiger partial charge in [-0.05, 0) is 49.6 Å².